The largest absolute Gasteiger partial charge is 0.493 e. The quantitative estimate of drug-likeness (QED) is 0.732. The number of ether oxygens (including phenoxy) is 2. The summed E-state index contributed by atoms with van der Waals surface area (Å²) in [7, 11) is 3.03. The number of anilines is 1. The summed E-state index contributed by atoms with van der Waals surface area (Å²) < 4.78 is 15.8. The van der Waals surface area contributed by atoms with Crippen LogP contribution in [0.4, 0.5) is 5.69 Å². The minimum atomic E-state index is -0.296. The second kappa shape index (κ2) is 7.69. The van der Waals surface area contributed by atoms with E-state index in [2.05, 4.69) is 15.5 Å². The summed E-state index contributed by atoms with van der Waals surface area (Å²) in [6.45, 7) is 1.76. The lowest BCUT2D eigenvalue weighted by atomic mass is 10.1. The van der Waals surface area contributed by atoms with Crippen molar-refractivity contribution in [1.82, 2.24) is 10.1 Å². The number of amides is 1. The number of hydrogen-bond donors (Lipinski definition) is 1. The molecule has 3 aromatic rings. The van der Waals surface area contributed by atoms with Gasteiger partial charge in [-0.2, -0.15) is 4.98 Å². The predicted molar refractivity (Wildman–Crippen MR) is 95.8 cm³/mol. The predicted octanol–water partition coefficient (Wildman–Crippen LogP) is 3.24. The zero-order valence-electron chi connectivity index (χ0n) is 14.8. The number of benzene rings is 2. The molecule has 0 bridgehead atoms. The number of aromatic nitrogens is 2. The van der Waals surface area contributed by atoms with Gasteiger partial charge >= 0.3 is 0 Å². The SMILES string of the molecule is COc1cccc(C(=O)Nc2ccccc2Cc2nc(C)no2)c1OC. The lowest BCUT2D eigenvalue weighted by Gasteiger charge is -2.14. The van der Waals surface area contributed by atoms with Crippen LogP contribution in [0.1, 0.15) is 27.6 Å². The highest BCUT2D eigenvalue weighted by Crippen LogP contribution is 2.31. The Kier molecular flexibility index (Phi) is 5.17. The van der Waals surface area contributed by atoms with Gasteiger partial charge in [-0.25, -0.2) is 0 Å². The van der Waals surface area contributed by atoms with Gasteiger partial charge in [0, 0.05) is 5.69 Å². The van der Waals surface area contributed by atoms with Gasteiger partial charge in [-0.3, -0.25) is 4.79 Å². The average molecular weight is 353 g/mol. The van der Waals surface area contributed by atoms with Crippen molar-refractivity contribution < 1.29 is 18.8 Å². The van der Waals surface area contributed by atoms with Crippen LogP contribution in [0.25, 0.3) is 0 Å². The molecule has 1 heterocycles. The Bertz CT molecular complexity index is 921. The Morgan fingerprint density at radius 1 is 1.12 bits per heavy atom. The molecule has 0 atom stereocenters. The fraction of sp³-hybridized carbons (Fsp3) is 0.211. The summed E-state index contributed by atoms with van der Waals surface area (Å²) in [5, 5.41) is 6.70. The van der Waals surface area contributed by atoms with Gasteiger partial charge in [0.05, 0.1) is 26.2 Å². The van der Waals surface area contributed by atoms with E-state index < -0.39 is 0 Å². The summed E-state index contributed by atoms with van der Waals surface area (Å²) in [5.74, 6) is 1.65. The smallest absolute Gasteiger partial charge is 0.259 e. The van der Waals surface area contributed by atoms with Crippen molar-refractivity contribution in [3.05, 3.63) is 65.3 Å². The number of carbonyl (C=O) groups excluding carboxylic acids is 1. The van der Waals surface area contributed by atoms with Crippen molar-refractivity contribution in [2.75, 3.05) is 19.5 Å². The highest BCUT2D eigenvalue weighted by Gasteiger charge is 2.18. The van der Waals surface area contributed by atoms with Crippen molar-refractivity contribution in [2.24, 2.45) is 0 Å². The Balaban J connectivity index is 1.87. The summed E-state index contributed by atoms with van der Waals surface area (Å²) in [6.07, 6.45) is 0.423. The number of nitrogens with one attached hydrogen (secondary N) is 1. The van der Waals surface area contributed by atoms with Crippen LogP contribution >= 0.6 is 0 Å². The molecule has 0 radical (unpaired) electrons. The molecule has 0 saturated heterocycles. The minimum Gasteiger partial charge on any atom is -0.493 e. The Morgan fingerprint density at radius 3 is 2.62 bits per heavy atom. The number of rotatable bonds is 6. The molecular weight excluding hydrogens is 334 g/mol. The molecule has 0 aliphatic rings. The van der Waals surface area contributed by atoms with Crippen molar-refractivity contribution in [3.8, 4) is 11.5 Å². The molecule has 0 aliphatic heterocycles. The van der Waals surface area contributed by atoms with E-state index >= 15 is 0 Å². The summed E-state index contributed by atoms with van der Waals surface area (Å²) in [5.41, 5.74) is 1.92. The lowest BCUT2D eigenvalue weighted by Crippen LogP contribution is -2.15. The molecule has 2 aromatic carbocycles. The van der Waals surface area contributed by atoms with E-state index in [9.17, 15) is 4.79 Å². The van der Waals surface area contributed by atoms with Crippen molar-refractivity contribution in [1.29, 1.82) is 0 Å². The summed E-state index contributed by atoms with van der Waals surface area (Å²) in [6, 6.07) is 12.6. The number of para-hydroxylation sites is 2. The second-order valence-electron chi connectivity index (χ2n) is 5.56. The van der Waals surface area contributed by atoms with Crippen LogP contribution in [-0.4, -0.2) is 30.3 Å². The van der Waals surface area contributed by atoms with Gasteiger partial charge in [0.25, 0.3) is 5.91 Å². The molecule has 3 rings (SSSR count). The molecule has 1 amide bonds. The van der Waals surface area contributed by atoms with E-state index in [1.165, 1.54) is 14.2 Å². The third kappa shape index (κ3) is 3.66. The molecule has 7 nitrogen and oxygen atoms in total. The van der Waals surface area contributed by atoms with E-state index in [1.807, 2.05) is 24.3 Å². The Morgan fingerprint density at radius 2 is 1.92 bits per heavy atom. The molecule has 26 heavy (non-hydrogen) atoms. The van der Waals surface area contributed by atoms with Crippen LogP contribution in [0, 0.1) is 6.92 Å². The van der Waals surface area contributed by atoms with E-state index in [1.54, 1.807) is 25.1 Å². The van der Waals surface area contributed by atoms with Gasteiger partial charge in [-0.1, -0.05) is 29.4 Å². The van der Waals surface area contributed by atoms with Crippen molar-refractivity contribution >= 4 is 11.6 Å². The number of hydrogen-bond acceptors (Lipinski definition) is 6. The molecule has 134 valence electrons. The molecule has 0 spiro atoms. The zero-order valence-corrected chi connectivity index (χ0v) is 14.8. The first kappa shape index (κ1) is 17.5. The van der Waals surface area contributed by atoms with Crippen LogP contribution < -0.4 is 14.8 Å². The fourth-order valence-electron chi connectivity index (χ4n) is 2.63. The standard InChI is InChI=1S/C19H19N3O4/c1-12-20-17(26-22-12)11-13-7-4-5-9-15(13)21-19(23)14-8-6-10-16(24-2)18(14)25-3/h4-10H,11H2,1-3H3,(H,21,23). The third-order valence-corrected chi connectivity index (χ3v) is 3.82. The zero-order chi connectivity index (χ0) is 18.5. The topological polar surface area (TPSA) is 86.5 Å². The van der Waals surface area contributed by atoms with Crippen LogP contribution in [0.3, 0.4) is 0 Å². The number of methoxy groups -OCH3 is 2. The van der Waals surface area contributed by atoms with E-state index in [-0.39, 0.29) is 5.91 Å². The Labute approximate surface area is 150 Å². The third-order valence-electron chi connectivity index (χ3n) is 3.82. The molecule has 0 saturated carbocycles. The van der Waals surface area contributed by atoms with Gasteiger partial charge in [0.1, 0.15) is 0 Å². The Hall–Kier alpha value is -3.35. The summed E-state index contributed by atoms with van der Waals surface area (Å²) >= 11 is 0. The van der Waals surface area contributed by atoms with Crippen LogP contribution in [0.5, 0.6) is 11.5 Å². The second-order valence-corrected chi connectivity index (χ2v) is 5.56. The van der Waals surface area contributed by atoms with E-state index in [0.717, 1.165) is 5.56 Å². The molecule has 1 aromatic heterocycles. The van der Waals surface area contributed by atoms with Crippen LogP contribution in [0.15, 0.2) is 47.0 Å². The first-order chi connectivity index (χ1) is 12.6. The highest BCUT2D eigenvalue weighted by molar-refractivity contribution is 6.07. The first-order valence-corrected chi connectivity index (χ1v) is 8.01. The van der Waals surface area contributed by atoms with Gasteiger partial charge in [0.2, 0.25) is 5.89 Å². The maximum atomic E-state index is 12.8. The summed E-state index contributed by atoms with van der Waals surface area (Å²) in [4.78, 5) is 17.0. The fourth-order valence-corrected chi connectivity index (χ4v) is 2.63. The van der Waals surface area contributed by atoms with Gasteiger partial charge in [-0.05, 0) is 30.7 Å². The highest BCUT2D eigenvalue weighted by atomic mass is 16.5. The lowest BCUT2D eigenvalue weighted by molar-refractivity contribution is 0.102. The van der Waals surface area contributed by atoms with Crippen molar-refractivity contribution in [2.45, 2.75) is 13.3 Å². The van der Waals surface area contributed by atoms with Gasteiger partial charge < -0.3 is 19.3 Å². The molecular formula is C19H19N3O4. The monoisotopic (exact) mass is 353 g/mol. The average Bonchev–Trinajstić information content (AvgIpc) is 3.07. The first-order valence-electron chi connectivity index (χ1n) is 8.01. The molecule has 1 N–H and O–H groups in total. The van der Waals surface area contributed by atoms with Gasteiger partial charge in [0.15, 0.2) is 17.3 Å². The number of nitrogens with zero attached hydrogens (tertiary/aromatic N) is 2. The van der Waals surface area contributed by atoms with Gasteiger partial charge in [-0.15, -0.1) is 0 Å². The molecule has 0 fully saturated rings. The van der Waals surface area contributed by atoms with Crippen LogP contribution in [-0.2, 0) is 6.42 Å². The van der Waals surface area contributed by atoms with E-state index in [0.29, 0.717) is 40.9 Å². The van der Waals surface area contributed by atoms with Crippen LogP contribution in [0.2, 0.25) is 0 Å². The minimum absolute atomic E-state index is 0.296. The molecule has 0 aliphatic carbocycles. The van der Waals surface area contributed by atoms with Crippen molar-refractivity contribution in [3.63, 3.8) is 0 Å². The number of aryl methyl sites for hydroxylation is 1. The maximum absolute atomic E-state index is 12.8. The molecule has 7 heteroatoms. The number of carbonyl (C=O) groups is 1. The normalized spacial score (nSPS) is 10.4. The molecule has 0 unspecified atom stereocenters. The maximum Gasteiger partial charge on any atom is 0.259 e. The van der Waals surface area contributed by atoms with E-state index in [4.69, 9.17) is 14.0 Å².